The molecule has 26 heavy (non-hydrogen) atoms. The summed E-state index contributed by atoms with van der Waals surface area (Å²) in [7, 11) is 0. The number of allylic oxidation sites excluding steroid dienone is 3. The number of fused-ring (bicyclic) bond motifs is 5. The average molecular weight is 355 g/mol. The highest BCUT2D eigenvalue weighted by Crippen LogP contribution is 2.66. The molecule has 0 spiro atoms. The van der Waals surface area contributed by atoms with Crippen LogP contribution in [-0.4, -0.2) is 0 Å². The second-order valence-corrected chi connectivity index (χ2v) is 11.2. The first kappa shape index (κ1) is 18.8. The fourth-order valence-corrected chi connectivity index (χ4v) is 8.67. The van der Waals surface area contributed by atoms with Crippen LogP contribution >= 0.6 is 0 Å². The van der Waals surface area contributed by atoms with Crippen molar-refractivity contribution < 1.29 is 0 Å². The summed E-state index contributed by atoms with van der Waals surface area (Å²) in [5.74, 6) is 6.08. The van der Waals surface area contributed by atoms with Crippen LogP contribution in [0.1, 0.15) is 91.9 Å². The average Bonchev–Trinajstić information content (AvgIpc) is 2.98. The fraction of sp³-hybridized carbons (Fsp3) is 0.846. The van der Waals surface area contributed by atoms with Gasteiger partial charge in [-0.2, -0.15) is 0 Å². The molecule has 0 heterocycles. The Morgan fingerprint density at radius 3 is 2.46 bits per heavy atom. The first-order valence-corrected chi connectivity index (χ1v) is 11.7. The van der Waals surface area contributed by atoms with Gasteiger partial charge in [0.15, 0.2) is 0 Å². The minimum absolute atomic E-state index is 0.556. The van der Waals surface area contributed by atoms with Crippen molar-refractivity contribution in [3.8, 4) is 0 Å². The lowest BCUT2D eigenvalue weighted by atomic mass is 9.48. The molecule has 0 aromatic rings. The Labute approximate surface area is 162 Å². The molecule has 0 radical (unpaired) electrons. The van der Waals surface area contributed by atoms with Crippen molar-refractivity contribution in [2.24, 2.45) is 46.3 Å². The van der Waals surface area contributed by atoms with Crippen molar-refractivity contribution in [1.29, 1.82) is 0 Å². The number of hydrogen-bond acceptors (Lipinski definition) is 0. The van der Waals surface area contributed by atoms with E-state index in [2.05, 4.69) is 46.4 Å². The van der Waals surface area contributed by atoms with E-state index in [1.165, 1.54) is 64.2 Å². The van der Waals surface area contributed by atoms with Crippen LogP contribution in [0.15, 0.2) is 24.3 Å². The molecule has 146 valence electrons. The summed E-state index contributed by atoms with van der Waals surface area (Å²) < 4.78 is 0. The van der Waals surface area contributed by atoms with E-state index >= 15 is 0 Å². The predicted octanol–water partition coefficient (Wildman–Crippen LogP) is 7.80. The van der Waals surface area contributed by atoms with Gasteiger partial charge in [-0.15, -0.1) is 6.58 Å². The Morgan fingerprint density at radius 2 is 1.73 bits per heavy atom. The largest absolute Gasteiger partial charge is 0.103 e. The summed E-state index contributed by atoms with van der Waals surface area (Å²) >= 11 is 0. The van der Waals surface area contributed by atoms with Crippen molar-refractivity contribution in [3.63, 3.8) is 0 Å². The minimum Gasteiger partial charge on any atom is -0.103 e. The molecule has 0 N–H and O–H groups in total. The highest BCUT2D eigenvalue weighted by atomic mass is 14.6. The van der Waals surface area contributed by atoms with Crippen molar-refractivity contribution in [3.05, 3.63) is 24.3 Å². The summed E-state index contributed by atoms with van der Waals surface area (Å²) in [5.41, 5.74) is 2.84. The predicted molar refractivity (Wildman–Crippen MR) is 113 cm³/mol. The van der Waals surface area contributed by atoms with Crippen LogP contribution in [0.2, 0.25) is 0 Å². The van der Waals surface area contributed by atoms with Crippen LogP contribution < -0.4 is 0 Å². The van der Waals surface area contributed by atoms with Crippen molar-refractivity contribution in [1.82, 2.24) is 0 Å². The Kier molecular flexibility index (Phi) is 4.94. The van der Waals surface area contributed by atoms with Crippen LogP contribution in [-0.2, 0) is 0 Å². The van der Waals surface area contributed by atoms with E-state index in [9.17, 15) is 0 Å². The highest BCUT2D eigenvalue weighted by molar-refractivity contribution is 5.15. The Bertz CT molecular complexity index is 571. The molecule has 4 fully saturated rings. The van der Waals surface area contributed by atoms with Crippen molar-refractivity contribution in [2.75, 3.05) is 0 Å². The van der Waals surface area contributed by atoms with Gasteiger partial charge in [0.05, 0.1) is 0 Å². The molecule has 0 bridgehead atoms. The smallest absolute Gasteiger partial charge is 0.0149 e. The zero-order valence-electron chi connectivity index (χ0n) is 17.9. The van der Waals surface area contributed by atoms with Crippen molar-refractivity contribution >= 4 is 0 Å². The maximum absolute atomic E-state index is 4.04. The lowest BCUT2D eigenvalue weighted by Gasteiger charge is -2.57. The molecular formula is C26H42. The second kappa shape index (κ2) is 6.82. The van der Waals surface area contributed by atoms with Gasteiger partial charge in [-0.3, -0.25) is 0 Å². The molecule has 0 aromatic heterocycles. The molecule has 4 aliphatic carbocycles. The van der Waals surface area contributed by atoms with Gasteiger partial charge >= 0.3 is 0 Å². The number of hydrogen-bond donors (Lipinski definition) is 0. The fourth-order valence-electron chi connectivity index (χ4n) is 8.67. The molecule has 4 aliphatic rings. The van der Waals surface area contributed by atoms with Crippen LogP contribution in [0.25, 0.3) is 0 Å². The molecule has 0 saturated heterocycles. The quantitative estimate of drug-likeness (QED) is 0.453. The summed E-state index contributed by atoms with van der Waals surface area (Å²) in [6.07, 6.45) is 19.3. The third kappa shape index (κ3) is 2.85. The van der Waals surface area contributed by atoms with Gasteiger partial charge in [-0.25, -0.2) is 0 Å². The van der Waals surface area contributed by atoms with Gasteiger partial charge in [-0.1, -0.05) is 31.6 Å². The van der Waals surface area contributed by atoms with E-state index in [4.69, 9.17) is 0 Å². The third-order valence-corrected chi connectivity index (χ3v) is 10.00. The first-order chi connectivity index (χ1) is 12.4. The van der Waals surface area contributed by atoms with E-state index < -0.39 is 0 Å². The normalized spacial score (nSPS) is 51.3. The van der Waals surface area contributed by atoms with E-state index in [0.29, 0.717) is 10.8 Å². The lowest BCUT2D eigenvalue weighted by Crippen LogP contribution is -2.49. The topological polar surface area (TPSA) is 0 Å². The monoisotopic (exact) mass is 354 g/mol. The molecule has 0 heteroatoms. The molecule has 8 atom stereocenters. The van der Waals surface area contributed by atoms with E-state index in [1.54, 1.807) is 5.57 Å². The third-order valence-electron chi connectivity index (χ3n) is 10.00. The molecule has 5 unspecified atom stereocenters. The molecule has 0 amide bonds. The molecule has 4 rings (SSSR count). The van der Waals surface area contributed by atoms with Gasteiger partial charge in [0, 0.05) is 0 Å². The second-order valence-electron chi connectivity index (χ2n) is 11.2. The van der Waals surface area contributed by atoms with E-state index in [-0.39, 0.29) is 0 Å². The maximum Gasteiger partial charge on any atom is -0.0149 e. The lowest BCUT2D eigenvalue weighted by molar-refractivity contribution is -0.0744. The minimum atomic E-state index is 0.556. The molecule has 4 saturated carbocycles. The standard InChI is InChI=1S/C26H42/c1-6-14-25(4)15-12-20-19(17-25)8-9-22-21(20)13-16-26(5)23(18(3)7-2)10-11-24(22)26/h6-7,19-24H,1,8-17H2,2-5H3/b18-7+/t19-,20?,21-,22?,23?,24+,25?,26?/m1/s1. The first-order valence-electron chi connectivity index (χ1n) is 11.7. The van der Waals surface area contributed by atoms with Crippen molar-refractivity contribution in [2.45, 2.75) is 91.9 Å². The maximum atomic E-state index is 4.04. The summed E-state index contributed by atoms with van der Waals surface area (Å²) in [5, 5.41) is 0. The molecule has 0 aliphatic heterocycles. The van der Waals surface area contributed by atoms with E-state index in [0.717, 1.165) is 35.5 Å². The van der Waals surface area contributed by atoms with Crippen LogP contribution in [0.4, 0.5) is 0 Å². The SMILES string of the molecule is C=CCC1(C)CCC2[C@H](CCC3[C@@H]2CCC2(C)C(/C(C)=C/C)CC[C@@H]32)C1. The molecule has 0 aromatic carbocycles. The zero-order valence-corrected chi connectivity index (χ0v) is 17.9. The van der Waals surface area contributed by atoms with Crippen LogP contribution in [0, 0.1) is 46.3 Å². The highest BCUT2D eigenvalue weighted by Gasteiger charge is 2.57. The summed E-state index contributed by atoms with van der Waals surface area (Å²) in [4.78, 5) is 0. The van der Waals surface area contributed by atoms with E-state index in [1.807, 2.05) is 0 Å². The van der Waals surface area contributed by atoms with Crippen LogP contribution in [0.5, 0.6) is 0 Å². The van der Waals surface area contributed by atoms with Gasteiger partial charge < -0.3 is 0 Å². The zero-order chi connectivity index (χ0) is 18.5. The van der Waals surface area contributed by atoms with Crippen LogP contribution in [0.3, 0.4) is 0 Å². The summed E-state index contributed by atoms with van der Waals surface area (Å²) in [6.45, 7) is 13.9. The Balaban J connectivity index is 1.52. The summed E-state index contributed by atoms with van der Waals surface area (Å²) in [6, 6.07) is 0. The Hall–Kier alpha value is -0.520. The van der Waals surface area contributed by atoms with Gasteiger partial charge in [0.1, 0.15) is 0 Å². The van der Waals surface area contributed by atoms with Gasteiger partial charge in [0.2, 0.25) is 0 Å². The van der Waals surface area contributed by atoms with Gasteiger partial charge in [0.25, 0.3) is 0 Å². The molecular weight excluding hydrogens is 312 g/mol. The number of rotatable bonds is 3. The Morgan fingerprint density at radius 1 is 0.962 bits per heavy atom. The van der Waals surface area contributed by atoms with Gasteiger partial charge in [-0.05, 0) is 124 Å². The molecule has 0 nitrogen and oxygen atoms in total.